The lowest BCUT2D eigenvalue weighted by molar-refractivity contribution is 0.0611. The minimum Gasteiger partial charge on any atom is -0.381 e. The van der Waals surface area contributed by atoms with Crippen LogP contribution in [0, 0.1) is 5.92 Å². The molecule has 0 saturated carbocycles. The molecule has 1 fully saturated rings. The van der Waals surface area contributed by atoms with E-state index in [0.29, 0.717) is 11.4 Å². The molecule has 1 aromatic carbocycles. The van der Waals surface area contributed by atoms with Crippen LogP contribution >= 0.6 is 10.7 Å². The summed E-state index contributed by atoms with van der Waals surface area (Å²) in [5.74, 6) is 1.55. The quantitative estimate of drug-likeness (QED) is 0.729. The SMILES string of the molecule is CCC(C)(C)c1nc2cc(S(=O)(=O)Cl)ccc2n1CC1CCOCC1. The van der Waals surface area contributed by atoms with Crippen LogP contribution in [-0.4, -0.2) is 31.2 Å². The van der Waals surface area contributed by atoms with Gasteiger partial charge in [0.2, 0.25) is 0 Å². The van der Waals surface area contributed by atoms with Crippen LogP contribution in [0.2, 0.25) is 0 Å². The van der Waals surface area contributed by atoms with Gasteiger partial charge in [0.05, 0.1) is 15.9 Å². The zero-order chi connectivity index (χ0) is 18.2. The molecule has 7 heteroatoms. The minimum atomic E-state index is -3.76. The van der Waals surface area contributed by atoms with Crippen molar-refractivity contribution in [3.05, 3.63) is 24.0 Å². The lowest BCUT2D eigenvalue weighted by Crippen LogP contribution is -2.26. The molecule has 3 rings (SSSR count). The van der Waals surface area contributed by atoms with Crippen LogP contribution in [0.15, 0.2) is 23.1 Å². The molecule has 0 atom stereocenters. The summed E-state index contributed by atoms with van der Waals surface area (Å²) in [6.45, 7) is 8.98. The smallest absolute Gasteiger partial charge is 0.261 e. The number of hydrogen-bond acceptors (Lipinski definition) is 4. The Kier molecular flexibility index (Phi) is 5.15. The van der Waals surface area contributed by atoms with Gasteiger partial charge in [-0.1, -0.05) is 20.8 Å². The largest absolute Gasteiger partial charge is 0.381 e. The Morgan fingerprint density at radius 1 is 1.32 bits per heavy atom. The van der Waals surface area contributed by atoms with Gasteiger partial charge < -0.3 is 9.30 Å². The van der Waals surface area contributed by atoms with E-state index >= 15 is 0 Å². The lowest BCUT2D eigenvalue weighted by Gasteiger charge is -2.27. The Balaban J connectivity index is 2.11. The normalized spacial score (nSPS) is 17.3. The Morgan fingerprint density at radius 2 is 2.00 bits per heavy atom. The molecule has 1 aliphatic rings. The number of imidazole rings is 1. The number of fused-ring (bicyclic) bond motifs is 1. The summed E-state index contributed by atoms with van der Waals surface area (Å²) in [6.07, 6.45) is 3.03. The summed E-state index contributed by atoms with van der Waals surface area (Å²) in [5.41, 5.74) is 1.56. The third-order valence-corrected chi connectivity index (χ3v) is 6.62. The van der Waals surface area contributed by atoms with Gasteiger partial charge in [0.1, 0.15) is 5.82 Å². The number of hydrogen-bond donors (Lipinski definition) is 0. The predicted octanol–water partition coefficient (Wildman–Crippen LogP) is 4.08. The van der Waals surface area contributed by atoms with Crippen molar-refractivity contribution in [2.75, 3.05) is 13.2 Å². The standard InChI is InChI=1S/C18H25ClN2O3S/c1-4-18(2,3)17-20-15-11-14(25(19,22)23)5-6-16(15)21(17)12-13-7-9-24-10-8-13/h5-6,11,13H,4,7-10,12H2,1-3H3. The molecular weight excluding hydrogens is 360 g/mol. The van der Waals surface area contributed by atoms with Gasteiger partial charge in [0.25, 0.3) is 9.05 Å². The molecule has 0 spiro atoms. The average molecular weight is 385 g/mol. The van der Waals surface area contributed by atoms with E-state index in [9.17, 15) is 8.42 Å². The monoisotopic (exact) mass is 384 g/mol. The van der Waals surface area contributed by atoms with Crippen molar-refractivity contribution in [1.82, 2.24) is 9.55 Å². The van der Waals surface area contributed by atoms with Crippen LogP contribution in [0.1, 0.15) is 45.9 Å². The molecule has 138 valence electrons. The van der Waals surface area contributed by atoms with Gasteiger partial charge in [0, 0.05) is 35.9 Å². The molecular formula is C18H25ClN2O3S. The van der Waals surface area contributed by atoms with Crippen LogP contribution in [0.4, 0.5) is 0 Å². The number of halogens is 1. The van der Waals surface area contributed by atoms with Crippen LogP contribution in [0.25, 0.3) is 11.0 Å². The fourth-order valence-electron chi connectivity index (χ4n) is 3.31. The van der Waals surface area contributed by atoms with Gasteiger partial charge in [-0.15, -0.1) is 0 Å². The maximum absolute atomic E-state index is 11.7. The maximum Gasteiger partial charge on any atom is 0.261 e. The zero-order valence-electron chi connectivity index (χ0n) is 15.0. The highest BCUT2D eigenvalue weighted by Crippen LogP contribution is 2.32. The second-order valence-electron chi connectivity index (χ2n) is 7.43. The minimum absolute atomic E-state index is 0.0931. The van der Waals surface area contributed by atoms with Crippen molar-refractivity contribution in [2.24, 2.45) is 5.92 Å². The van der Waals surface area contributed by atoms with Gasteiger partial charge in [0.15, 0.2) is 0 Å². The Bertz CT molecular complexity index is 868. The highest BCUT2D eigenvalue weighted by Gasteiger charge is 2.28. The molecule has 2 aromatic rings. The molecule has 0 N–H and O–H groups in total. The van der Waals surface area contributed by atoms with Crippen molar-refractivity contribution >= 4 is 30.8 Å². The fraction of sp³-hybridized carbons (Fsp3) is 0.611. The highest BCUT2D eigenvalue weighted by molar-refractivity contribution is 8.13. The molecule has 5 nitrogen and oxygen atoms in total. The van der Waals surface area contributed by atoms with Crippen molar-refractivity contribution < 1.29 is 13.2 Å². The van der Waals surface area contributed by atoms with E-state index in [0.717, 1.165) is 50.4 Å². The molecule has 25 heavy (non-hydrogen) atoms. The van der Waals surface area contributed by atoms with E-state index in [4.69, 9.17) is 20.4 Å². The number of aromatic nitrogens is 2. The third kappa shape index (κ3) is 3.86. The predicted molar refractivity (Wildman–Crippen MR) is 99.6 cm³/mol. The summed E-state index contributed by atoms with van der Waals surface area (Å²) in [6, 6.07) is 4.97. The molecule has 0 unspecified atom stereocenters. The molecule has 0 aliphatic carbocycles. The molecule has 0 amide bonds. The van der Waals surface area contributed by atoms with Gasteiger partial charge in [-0.05, 0) is 43.4 Å². The van der Waals surface area contributed by atoms with Crippen LogP contribution < -0.4 is 0 Å². The fourth-order valence-corrected chi connectivity index (χ4v) is 4.08. The molecule has 0 bridgehead atoms. The summed E-state index contributed by atoms with van der Waals surface area (Å²) >= 11 is 0. The van der Waals surface area contributed by atoms with Gasteiger partial charge in [-0.3, -0.25) is 0 Å². The number of ether oxygens (including phenoxy) is 1. The van der Waals surface area contributed by atoms with E-state index in [1.54, 1.807) is 12.1 Å². The first-order valence-electron chi connectivity index (χ1n) is 8.75. The summed E-state index contributed by atoms with van der Waals surface area (Å²) in [7, 11) is 1.74. The summed E-state index contributed by atoms with van der Waals surface area (Å²) in [4.78, 5) is 4.90. The molecule has 1 aliphatic heterocycles. The first-order chi connectivity index (χ1) is 11.7. The van der Waals surface area contributed by atoms with Gasteiger partial charge in [-0.25, -0.2) is 13.4 Å². The van der Waals surface area contributed by atoms with Crippen molar-refractivity contribution in [1.29, 1.82) is 0 Å². The maximum atomic E-state index is 11.7. The zero-order valence-corrected chi connectivity index (χ0v) is 16.5. The van der Waals surface area contributed by atoms with Crippen LogP contribution in [0.3, 0.4) is 0 Å². The molecule has 2 heterocycles. The van der Waals surface area contributed by atoms with E-state index < -0.39 is 9.05 Å². The Morgan fingerprint density at radius 3 is 2.60 bits per heavy atom. The first-order valence-corrected chi connectivity index (χ1v) is 11.1. The van der Waals surface area contributed by atoms with Gasteiger partial charge >= 0.3 is 0 Å². The van der Waals surface area contributed by atoms with Crippen molar-refractivity contribution in [2.45, 2.75) is 56.9 Å². The highest BCUT2D eigenvalue weighted by atomic mass is 35.7. The molecule has 1 aromatic heterocycles. The Hall–Kier alpha value is -1.11. The lowest BCUT2D eigenvalue weighted by atomic mass is 9.89. The van der Waals surface area contributed by atoms with Crippen LogP contribution in [-0.2, 0) is 25.7 Å². The van der Waals surface area contributed by atoms with E-state index in [1.807, 2.05) is 6.07 Å². The molecule has 1 saturated heterocycles. The second-order valence-corrected chi connectivity index (χ2v) is 9.99. The molecule has 0 radical (unpaired) electrons. The van der Waals surface area contributed by atoms with E-state index in [2.05, 4.69) is 25.3 Å². The van der Waals surface area contributed by atoms with Crippen molar-refractivity contribution in [3.8, 4) is 0 Å². The van der Waals surface area contributed by atoms with Crippen molar-refractivity contribution in [3.63, 3.8) is 0 Å². The number of benzene rings is 1. The second kappa shape index (κ2) is 6.89. The summed E-state index contributed by atoms with van der Waals surface area (Å²) in [5, 5.41) is 0. The topological polar surface area (TPSA) is 61.2 Å². The van der Waals surface area contributed by atoms with E-state index in [-0.39, 0.29) is 10.3 Å². The Labute approximate surface area is 153 Å². The van der Waals surface area contributed by atoms with E-state index in [1.165, 1.54) is 0 Å². The number of nitrogens with zero attached hydrogens (tertiary/aromatic N) is 2. The summed E-state index contributed by atoms with van der Waals surface area (Å²) < 4.78 is 31.0. The third-order valence-electron chi connectivity index (χ3n) is 5.27. The number of rotatable bonds is 5. The van der Waals surface area contributed by atoms with Gasteiger partial charge in [-0.2, -0.15) is 0 Å². The van der Waals surface area contributed by atoms with Crippen LogP contribution in [0.5, 0.6) is 0 Å². The average Bonchev–Trinajstić information content (AvgIpc) is 2.94. The first kappa shape index (κ1) is 18.7.